The average molecular weight is 487 g/mol. The number of rotatable bonds is 5. The van der Waals surface area contributed by atoms with E-state index in [2.05, 4.69) is 26.0 Å². The number of aryl methyl sites for hydroxylation is 1. The third kappa shape index (κ3) is 4.20. The lowest BCUT2D eigenvalue weighted by molar-refractivity contribution is -0.147. The number of nitrogens with one attached hydrogen (secondary N) is 1. The van der Waals surface area contributed by atoms with E-state index in [4.69, 9.17) is 0 Å². The maximum atomic E-state index is 12.8. The highest BCUT2D eigenvalue weighted by atomic mass is 32.2. The minimum atomic E-state index is -4.75. The zero-order valence-electron chi connectivity index (χ0n) is 17.7. The second-order valence-corrected chi connectivity index (χ2v) is 9.08. The van der Waals surface area contributed by atoms with Crippen LogP contribution in [0, 0.1) is 18.3 Å². The summed E-state index contributed by atoms with van der Waals surface area (Å²) < 4.78 is 66.4. The summed E-state index contributed by atoms with van der Waals surface area (Å²) in [5, 5.41) is 9.88. The van der Waals surface area contributed by atoms with Crippen molar-refractivity contribution in [3.05, 3.63) is 60.2 Å². The lowest BCUT2D eigenvalue weighted by Gasteiger charge is -2.17. The minimum absolute atomic E-state index is 0.161. The topological polar surface area (TPSA) is 126 Å². The number of alkyl halides is 3. The summed E-state index contributed by atoms with van der Waals surface area (Å²) in [5.74, 6) is 0.232. The molecule has 0 bridgehead atoms. The Bertz CT molecular complexity index is 1510. The Balaban J connectivity index is 1.87. The maximum Gasteiger partial charge on any atom is 0.404 e. The first kappa shape index (κ1) is 23.3. The molecule has 1 N–H and O–H groups in total. The van der Waals surface area contributed by atoms with E-state index >= 15 is 0 Å². The number of hydrogen-bond acceptors (Lipinski definition) is 7. The highest BCUT2D eigenvalue weighted by molar-refractivity contribution is 7.89. The molecule has 174 valence electrons. The predicted molar refractivity (Wildman–Crippen MR) is 115 cm³/mol. The smallest absolute Gasteiger partial charge is 0.273 e. The lowest BCUT2D eigenvalue weighted by Crippen LogP contribution is -2.42. The zero-order chi connectivity index (χ0) is 24.7. The second-order valence-electron chi connectivity index (χ2n) is 7.36. The van der Waals surface area contributed by atoms with Crippen molar-refractivity contribution in [2.45, 2.75) is 31.0 Å². The fraction of sp³-hybridized carbons (Fsp3) is 0.190. The van der Waals surface area contributed by atoms with Crippen molar-refractivity contribution in [3.8, 4) is 23.4 Å². The molecule has 0 saturated heterocycles. The molecule has 0 aliphatic rings. The molecule has 4 aromatic heterocycles. The monoisotopic (exact) mass is 487 g/mol. The van der Waals surface area contributed by atoms with Gasteiger partial charge in [0, 0.05) is 24.8 Å². The summed E-state index contributed by atoms with van der Waals surface area (Å²) in [6.07, 6.45) is 0.811. The summed E-state index contributed by atoms with van der Waals surface area (Å²) in [7, 11) is -4.49. The van der Waals surface area contributed by atoms with Gasteiger partial charge in [0.25, 0.3) is 0 Å². The third-order valence-corrected chi connectivity index (χ3v) is 6.44. The van der Waals surface area contributed by atoms with Crippen molar-refractivity contribution in [2.75, 3.05) is 0 Å². The van der Waals surface area contributed by atoms with Crippen LogP contribution in [-0.4, -0.2) is 45.1 Å². The van der Waals surface area contributed by atoms with Crippen LogP contribution in [0.1, 0.15) is 18.1 Å². The van der Waals surface area contributed by atoms with Crippen LogP contribution in [0.5, 0.6) is 0 Å². The molecule has 0 spiro atoms. The van der Waals surface area contributed by atoms with E-state index in [1.165, 1.54) is 18.5 Å². The van der Waals surface area contributed by atoms with Gasteiger partial charge in [-0.05, 0) is 43.7 Å². The summed E-state index contributed by atoms with van der Waals surface area (Å²) >= 11 is 0. The number of halogens is 3. The van der Waals surface area contributed by atoms with Crippen LogP contribution in [0.3, 0.4) is 0 Å². The summed E-state index contributed by atoms with van der Waals surface area (Å²) in [6, 6.07) is 5.65. The lowest BCUT2D eigenvalue weighted by atomic mass is 10.1. The fourth-order valence-electron chi connectivity index (χ4n) is 3.27. The third-order valence-electron chi connectivity index (χ3n) is 4.92. The molecular formula is C21H16F3N7O2S. The standard InChI is InChI=1S/C21H16F3N7O2S/c1-12-8-17-18(29-10-12)15(9-25)19(31(17)20-26-6-3-7-27-20)16-5-4-14(11-28-16)34(32,33)30-13(2)21(22,23)24/h3-8,10-11,13,30H,1-2H3. The van der Waals surface area contributed by atoms with Gasteiger partial charge in [-0.1, -0.05) is 0 Å². The van der Waals surface area contributed by atoms with Gasteiger partial charge >= 0.3 is 6.18 Å². The molecular weight excluding hydrogens is 471 g/mol. The SMILES string of the molecule is Cc1cnc2c(C#N)c(-c3ccc(S(=O)(=O)NC(C)C(F)(F)F)cn3)n(-c3ncccn3)c2c1. The van der Waals surface area contributed by atoms with E-state index in [-0.39, 0.29) is 22.9 Å². The molecule has 9 nitrogen and oxygen atoms in total. The van der Waals surface area contributed by atoms with Gasteiger partial charge in [-0.15, -0.1) is 0 Å². The molecule has 0 aliphatic heterocycles. The first-order chi connectivity index (χ1) is 16.0. The average Bonchev–Trinajstić information content (AvgIpc) is 3.12. The summed E-state index contributed by atoms with van der Waals surface area (Å²) in [5.41, 5.74) is 2.34. The molecule has 0 saturated carbocycles. The van der Waals surface area contributed by atoms with E-state index in [9.17, 15) is 26.9 Å². The highest BCUT2D eigenvalue weighted by Crippen LogP contribution is 2.34. The van der Waals surface area contributed by atoms with Crippen LogP contribution < -0.4 is 4.72 Å². The van der Waals surface area contributed by atoms with Gasteiger partial charge in [0.2, 0.25) is 16.0 Å². The number of fused-ring (bicyclic) bond motifs is 1. The first-order valence-electron chi connectivity index (χ1n) is 9.77. The molecule has 1 atom stereocenters. The predicted octanol–water partition coefficient (Wildman–Crippen LogP) is 3.29. The number of nitrogens with zero attached hydrogens (tertiary/aromatic N) is 6. The molecule has 4 rings (SSSR count). The number of hydrogen-bond donors (Lipinski definition) is 1. The quantitative estimate of drug-likeness (QED) is 0.458. The van der Waals surface area contributed by atoms with E-state index in [1.807, 2.05) is 6.92 Å². The van der Waals surface area contributed by atoms with E-state index in [0.29, 0.717) is 18.0 Å². The molecule has 0 amide bonds. The van der Waals surface area contributed by atoms with Gasteiger partial charge in [0.15, 0.2) is 0 Å². The molecule has 4 aromatic rings. The van der Waals surface area contributed by atoms with Crippen molar-refractivity contribution in [1.29, 1.82) is 5.26 Å². The highest BCUT2D eigenvalue weighted by Gasteiger charge is 2.39. The Kier molecular flexibility index (Phi) is 5.80. The van der Waals surface area contributed by atoms with Gasteiger partial charge < -0.3 is 0 Å². The Labute approximate surface area is 192 Å². The van der Waals surface area contributed by atoms with E-state index < -0.39 is 27.1 Å². The second kappa shape index (κ2) is 8.47. The summed E-state index contributed by atoms with van der Waals surface area (Å²) in [6.45, 7) is 2.53. The molecule has 1 unspecified atom stereocenters. The van der Waals surface area contributed by atoms with Crippen LogP contribution >= 0.6 is 0 Å². The van der Waals surface area contributed by atoms with Crippen LogP contribution in [0.25, 0.3) is 28.4 Å². The number of nitriles is 1. The van der Waals surface area contributed by atoms with Gasteiger partial charge in [0.1, 0.15) is 28.1 Å². The van der Waals surface area contributed by atoms with Crippen molar-refractivity contribution in [1.82, 2.24) is 29.2 Å². The van der Waals surface area contributed by atoms with Crippen LogP contribution in [0.15, 0.2) is 53.9 Å². The summed E-state index contributed by atoms with van der Waals surface area (Å²) in [4.78, 5) is 16.5. The zero-order valence-corrected chi connectivity index (χ0v) is 18.6. The van der Waals surface area contributed by atoms with Gasteiger partial charge in [0.05, 0.1) is 16.9 Å². The Hall–Kier alpha value is -3.89. The molecule has 0 aliphatic carbocycles. The maximum absolute atomic E-state index is 12.8. The number of sulfonamides is 1. The van der Waals surface area contributed by atoms with Gasteiger partial charge in [-0.3, -0.25) is 14.5 Å². The molecule has 34 heavy (non-hydrogen) atoms. The molecule has 0 fully saturated rings. The van der Waals surface area contributed by atoms with Gasteiger partial charge in [-0.25, -0.2) is 18.4 Å². The number of pyridine rings is 2. The minimum Gasteiger partial charge on any atom is -0.273 e. The van der Waals surface area contributed by atoms with Crippen LogP contribution in [0.2, 0.25) is 0 Å². The Morgan fingerprint density at radius 3 is 2.41 bits per heavy atom. The normalized spacial score (nSPS) is 13.1. The van der Waals surface area contributed by atoms with E-state index in [1.54, 1.807) is 27.6 Å². The van der Waals surface area contributed by atoms with Gasteiger partial charge in [-0.2, -0.15) is 23.2 Å². The van der Waals surface area contributed by atoms with Crippen molar-refractivity contribution >= 4 is 21.1 Å². The van der Waals surface area contributed by atoms with Crippen molar-refractivity contribution in [3.63, 3.8) is 0 Å². The Morgan fingerprint density at radius 1 is 1.12 bits per heavy atom. The molecule has 0 radical (unpaired) electrons. The molecule has 13 heteroatoms. The van der Waals surface area contributed by atoms with E-state index in [0.717, 1.165) is 17.8 Å². The molecule has 0 aromatic carbocycles. The first-order valence-corrected chi connectivity index (χ1v) is 11.3. The van der Waals surface area contributed by atoms with Crippen LogP contribution in [-0.2, 0) is 10.0 Å². The van der Waals surface area contributed by atoms with Crippen LogP contribution in [0.4, 0.5) is 13.2 Å². The molecule has 4 heterocycles. The Morgan fingerprint density at radius 2 is 1.82 bits per heavy atom. The fourth-order valence-corrected chi connectivity index (χ4v) is 4.44. The van der Waals surface area contributed by atoms with Crippen molar-refractivity contribution in [2.24, 2.45) is 0 Å². The van der Waals surface area contributed by atoms with Crippen molar-refractivity contribution < 1.29 is 21.6 Å². The largest absolute Gasteiger partial charge is 0.404 e. The number of aromatic nitrogens is 5.